The van der Waals surface area contributed by atoms with Crippen LogP contribution < -0.4 is 0 Å². The average Bonchev–Trinajstić information content (AvgIpc) is 2.57. The summed E-state index contributed by atoms with van der Waals surface area (Å²) in [6, 6.07) is 17.2. The van der Waals surface area contributed by atoms with E-state index in [0.717, 1.165) is 27.3 Å². The van der Waals surface area contributed by atoms with Crippen LogP contribution in [0.3, 0.4) is 0 Å². The molecule has 4 aromatic rings. The van der Waals surface area contributed by atoms with Crippen molar-refractivity contribution in [3.63, 3.8) is 0 Å². The third-order valence-corrected chi connectivity index (χ3v) is 5.65. The van der Waals surface area contributed by atoms with Crippen LogP contribution in [0.5, 0.6) is 0 Å². The van der Waals surface area contributed by atoms with Gasteiger partial charge in [-0.05, 0) is 69.4 Å². The van der Waals surface area contributed by atoms with Crippen LogP contribution >= 0.6 is 0 Å². The Morgan fingerprint density at radius 2 is 1.46 bits per heavy atom. The van der Waals surface area contributed by atoms with Crippen molar-refractivity contribution in [2.45, 2.75) is 18.7 Å². The molecule has 0 unspecified atom stereocenters. The Morgan fingerprint density at radius 1 is 0.750 bits per heavy atom. The van der Waals surface area contributed by atoms with Crippen molar-refractivity contribution in [2.75, 3.05) is 0 Å². The Balaban J connectivity index is 2.25. The quantitative estimate of drug-likeness (QED) is 0.302. The summed E-state index contributed by atoms with van der Waals surface area (Å²) in [6.07, 6.45) is 0. The van der Waals surface area contributed by atoms with Crippen LogP contribution in [0.1, 0.15) is 11.1 Å². The van der Waals surface area contributed by atoms with Gasteiger partial charge in [0, 0.05) is 0 Å². The number of hydrogen-bond donors (Lipinski definition) is 1. The standard InChI is InChI=1S/C20H16O3S/c1-12-17-9-7-14-5-3-4-6-18(14)20(17)13(2)16-10-8-15(11-19(12)16)24(21,22)23/h3-11H,1-2H3,(H,21,22,23). The fourth-order valence-corrected chi connectivity index (χ4v) is 4.10. The average molecular weight is 336 g/mol. The van der Waals surface area contributed by atoms with Gasteiger partial charge in [0.1, 0.15) is 0 Å². The maximum absolute atomic E-state index is 11.5. The lowest BCUT2D eigenvalue weighted by molar-refractivity contribution is 0.483. The second kappa shape index (κ2) is 5.03. The zero-order valence-electron chi connectivity index (χ0n) is 13.4. The van der Waals surface area contributed by atoms with E-state index in [2.05, 4.69) is 31.2 Å². The normalized spacial score (nSPS) is 12.3. The van der Waals surface area contributed by atoms with Gasteiger partial charge < -0.3 is 0 Å². The highest BCUT2D eigenvalue weighted by Crippen LogP contribution is 2.37. The SMILES string of the molecule is Cc1c2cc(S(=O)(=O)O)ccc2c(C)c2c1ccc1ccccc12. The fraction of sp³-hybridized carbons (Fsp3) is 0.100. The number of hydrogen-bond acceptors (Lipinski definition) is 2. The third kappa shape index (κ3) is 2.11. The molecule has 0 aliphatic carbocycles. The zero-order chi connectivity index (χ0) is 17.1. The van der Waals surface area contributed by atoms with Crippen LogP contribution in [-0.2, 0) is 10.1 Å². The molecule has 0 radical (unpaired) electrons. The molecule has 0 spiro atoms. The summed E-state index contributed by atoms with van der Waals surface area (Å²) in [7, 11) is -4.21. The first-order chi connectivity index (χ1) is 11.4. The van der Waals surface area contributed by atoms with E-state index in [0.29, 0.717) is 0 Å². The van der Waals surface area contributed by atoms with Crippen LogP contribution in [0.2, 0.25) is 0 Å². The molecule has 4 heteroatoms. The molecule has 0 bridgehead atoms. The summed E-state index contributed by atoms with van der Waals surface area (Å²) in [4.78, 5) is -0.0716. The minimum Gasteiger partial charge on any atom is -0.282 e. The van der Waals surface area contributed by atoms with E-state index >= 15 is 0 Å². The molecule has 0 aromatic heterocycles. The van der Waals surface area contributed by atoms with Gasteiger partial charge in [-0.2, -0.15) is 8.42 Å². The highest BCUT2D eigenvalue weighted by Gasteiger charge is 2.15. The zero-order valence-corrected chi connectivity index (χ0v) is 14.2. The molecule has 0 saturated heterocycles. The lowest BCUT2D eigenvalue weighted by Gasteiger charge is -2.15. The van der Waals surface area contributed by atoms with E-state index in [1.54, 1.807) is 12.1 Å². The molecule has 120 valence electrons. The predicted molar refractivity (Wildman–Crippen MR) is 98.2 cm³/mol. The Kier molecular flexibility index (Phi) is 3.17. The molecule has 0 aliphatic rings. The minimum absolute atomic E-state index is 0.0716. The monoisotopic (exact) mass is 336 g/mol. The lowest BCUT2D eigenvalue weighted by atomic mass is 9.90. The second-order valence-electron chi connectivity index (χ2n) is 6.14. The van der Waals surface area contributed by atoms with Crippen molar-refractivity contribution < 1.29 is 13.0 Å². The lowest BCUT2D eigenvalue weighted by Crippen LogP contribution is -1.98. The number of rotatable bonds is 1. The molecule has 4 rings (SSSR count). The van der Waals surface area contributed by atoms with Gasteiger partial charge >= 0.3 is 0 Å². The van der Waals surface area contributed by atoms with Gasteiger partial charge in [-0.25, -0.2) is 0 Å². The molecule has 24 heavy (non-hydrogen) atoms. The molecule has 0 aliphatic heterocycles. The second-order valence-corrected chi connectivity index (χ2v) is 7.56. The summed E-state index contributed by atoms with van der Waals surface area (Å²) >= 11 is 0. The van der Waals surface area contributed by atoms with Gasteiger partial charge in [0.25, 0.3) is 10.1 Å². The Labute approximate surface area is 140 Å². The molecule has 4 aromatic carbocycles. The van der Waals surface area contributed by atoms with E-state index in [1.807, 2.05) is 19.1 Å². The summed E-state index contributed by atoms with van der Waals surface area (Å²) in [5.41, 5.74) is 2.13. The topological polar surface area (TPSA) is 54.4 Å². The number of aryl methyl sites for hydroxylation is 2. The molecule has 0 fully saturated rings. The van der Waals surface area contributed by atoms with Crippen molar-refractivity contribution in [1.29, 1.82) is 0 Å². The first-order valence-corrected chi connectivity index (χ1v) is 9.14. The fourth-order valence-electron chi connectivity index (χ4n) is 3.59. The molecular formula is C20H16O3S. The third-order valence-electron chi connectivity index (χ3n) is 4.80. The molecule has 0 saturated carbocycles. The van der Waals surface area contributed by atoms with Gasteiger partial charge in [-0.15, -0.1) is 0 Å². The van der Waals surface area contributed by atoms with Crippen molar-refractivity contribution in [1.82, 2.24) is 0 Å². The van der Waals surface area contributed by atoms with Crippen LogP contribution in [0.25, 0.3) is 32.3 Å². The van der Waals surface area contributed by atoms with E-state index < -0.39 is 10.1 Å². The van der Waals surface area contributed by atoms with Gasteiger partial charge in [0.2, 0.25) is 0 Å². The first kappa shape index (κ1) is 15.1. The maximum atomic E-state index is 11.5. The van der Waals surface area contributed by atoms with Gasteiger partial charge in [0.15, 0.2) is 0 Å². The molecule has 3 nitrogen and oxygen atoms in total. The van der Waals surface area contributed by atoms with Crippen molar-refractivity contribution in [2.24, 2.45) is 0 Å². The van der Waals surface area contributed by atoms with Crippen molar-refractivity contribution >= 4 is 42.4 Å². The minimum atomic E-state index is -4.21. The summed E-state index contributed by atoms with van der Waals surface area (Å²) in [6.45, 7) is 4.05. The summed E-state index contributed by atoms with van der Waals surface area (Å²) in [5, 5.41) is 6.52. The molecule has 0 amide bonds. The van der Waals surface area contributed by atoms with Crippen LogP contribution in [0, 0.1) is 13.8 Å². The highest BCUT2D eigenvalue weighted by molar-refractivity contribution is 7.85. The van der Waals surface area contributed by atoms with Gasteiger partial charge in [0.05, 0.1) is 4.90 Å². The van der Waals surface area contributed by atoms with Gasteiger partial charge in [-0.1, -0.05) is 42.5 Å². The predicted octanol–water partition coefficient (Wildman–Crippen LogP) is 5.01. The van der Waals surface area contributed by atoms with Crippen molar-refractivity contribution in [3.8, 4) is 0 Å². The summed E-state index contributed by atoms with van der Waals surface area (Å²) < 4.78 is 32.3. The van der Waals surface area contributed by atoms with Crippen molar-refractivity contribution in [3.05, 3.63) is 65.7 Å². The molecule has 0 heterocycles. The number of benzene rings is 4. The van der Waals surface area contributed by atoms with Gasteiger partial charge in [-0.3, -0.25) is 4.55 Å². The first-order valence-electron chi connectivity index (χ1n) is 7.70. The van der Waals surface area contributed by atoms with Crippen LogP contribution in [0.4, 0.5) is 0 Å². The number of fused-ring (bicyclic) bond motifs is 4. The summed E-state index contributed by atoms with van der Waals surface area (Å²) in [5.74, 6) is 0. The molecular weight excluding hydrogens is 320 g/mol. The Bertz CT molecular complexity index is 1240. The Morgan fingerprint density at radius 3 is 2.21 bits per heavy atom. The van der Waals surface area contributed by atoms with Crippen LogP contribution in [-0.4, -0.2) is 13.0 Å². The van der Waals surface area contributed by atoms with E-state index in [1.165, 1.54) is 22.2 Å². The largest absolute Gasteiger partial charge is 0.294 e. The highest BCUT2D eigenvalue weighted by atomic mass is 32.2. The smallest absolute Gasteiger partial charge is 0.282 e. The van der Waals surface area contributed by atoms with E-state index in [4.69, 9.17) is 0 Å². The molecule has 0 atom stereocenters. The van der Waals surface area contributed by atoms with E-state index in [9.17, 15) is 13.0 Å². The Hall–Kier alpha value is -2.43. The van der Waals surface area contributed by atoms with Crippen LogP contribution in [0.15, 0.2) is 59.5 Å². The maximum Gasteiger partial charge on any atom is 0.294 e. The molecule has 1 N–H and O–H groups in total. The van der Waals surface area contributed by atoms with E-state index in [-0.39, 0.29) is 4.90 Å².